The van der Waals surface area contributed by atoms with Crippen molar-refractivity contribution in [2.45, 2.75) is 126 Å². The fourth-order valence-corrected chi connectivity index (χ4v) is 12.9. The molecule has 0 heterocycles. The molecule has 5 rings (SSSR count). The van der Waals surface area contributed by atoms with E-state index in [2.05, 4.69) is 59.1 Å². The highest BCUT2D eigenvalue weighted by atomic mass is 16.5. The average Bonchev–Trinajstić information content (AvgIpc) is 3.35. The van der Waals surface area contributed by atoms with Gasteiger partial charge >= 0.3 is 0 Å². The fraction of sp³-hybridized carbons (Fsp3) is 0.947. The van der Waals surface area contributed by atoms with Gasteiger partial charge in [0.2, 0.25) is 11.8 Å². The molecule has 5 aliphatic carbocycles. The monoisotopic (exact) mass is 615 g/mol. The van der Waals surface area contributed by atoms with Gasteiger partial charge in [-0.25, -0.2) is 0 Å². The summed E-state index contributed by atoms with van der Waals surface area (Å²) < 4.78 is 11.3. The summed E-state index contributed by atoms with van der Waals surface area (Å²) in [6.45, 7) is 22.7. The van der Waals surface area contributed by atoms with Crippen molar-refractivity contribution in [2.24, 2.45) is 62.6 Å². The maximum Gasteiger partial charge on any atom is 0.226 e. The van der Waals surface area contributed by atoms with Crippen molar-refractivity contribution < 1.29 is 19.1 Å². The minimum Gasteiger partial charge on any atom is -0.377 e. The number of hydrogen-bond acceptors (Lipinski definition) is 4. The predicted octanol–water partition coefficient (Wildman–Crippen LogP) is 7.40. The van der Waals surface area contributed by atoms with Gasteiger partial charge in [0.05, 0.1) is 31.8 Å². The zero-order valence-electron chi connectivity index (χ0n) is 29.6. The lowest BCUT2D eigenvalue weighted by Gasteiger charge is -2.72. The molecule has 1 unspecified atom stereocenters. The summed E-state index contributed by atoms with van der Waals surface area (Å²) in [5, 5.41) is 6.10. The average molecular weight is 615 g/mol. The first-order valence-electron chi connectivity index (χ1n) is 18.4. The Hall–Kier alpha value is -1.14. The minimum absolute atomic E-state index is 0.0428. The third-order valence-corrected chi connectivity index (χ3v) is 15.1. The van der Waals surface area contributed by atoms with Gasteiger partial charge < -0.3 is 20.1 Å². The molecule has 5 saturated carbocycles. The minimum atomic E-state index is -0.219. The topological polar surface area (TPSA) is 76.7 Å². The Bertz CT molecular complexity index is 1040. The molecule has 0 aliphatic heterocycles. The lowest BCUT2D eigenvalue weighted by atomic mass is 9.32. The Morgan fingerprint density at radius 3 is 2.07 bits per heavy atom. The molecule has 9 atom stereocenters. The Labute approximate surface area is 269 Å². The van der Waals surface area contributed by atoms with E-state index >= 15 is 0 Å². The highest BCUT2D eigenvalue weighted by Crippen LogP contribution is 2.77. The van der Waals surface area contributed by atoms with E-state index in [4.69, 9.17) is 9.47 Å². The number of carbonyl (C=O) groups excluding carboxylic acids is 2. The Morgan fingerprint density at radius 1 is 0.727 bits per heavy atom. The molecule has 6 heteroatoms. The van der Waals surface area contributed by atoms with E-state index < -0.39 is 0 Å². The van der Waals surface area contributed by atoms with Crippen molar-refractivity contribution >= 4 is 11.8 Å². The van der Waals surface area contributed by atoms with Crippen LogP contribution in [0.25, 0.3) is 0 Å². The Kier molecular flexibility index (Phi) is 9.96. The summed E-state index contributed by atoms with van der Waals surface area (Å²) in [4.78, 5) is 25.2. The van der Waals surface area contributed by atoms with Gasteiger partial charge in [-0.2, -0.15) is 0 Å². The van der Waals surface area contributed by atoms with Crippen LogP contribution < -0.4 is 10.6 Å². The van der Waals surface area contributed by atoms with Gasteiger partial charge in [-0.1, -0.05) is 54.9 Å². The highest BCUT2D eigenvalue weighted by Gasteiger charge is 2.71. The third kappa shape index (κ3) is 5.69. The standard InChI is InChI=1S/C38H66N2O4/c1-26(2)28-12-17-38(33(42)40-21-23-44-25-24-43-22-20-39-27(3)41)19-18-36(7)29(32(28)38)10-11-31-35(6)15-9-14-34(4,5)30(35)13-16-37(31,36)8/h26,28-32H,9-25H2,1-8H3,(H,39,41)(H,40,42)/t28-,29?,30-,31+,32-,35-,36+,37+,38-/m0/s1. The molecule has 5 aliphatic rings. The predicted molar refractivity (Wildman–Crippen MR) is 177 cm³/mol. The van der Waals surface area contributed by atoms with Crippen molar-refractivity contribution in [1.82, 2.24) is 10.6 Å². The normalized spacial score (nSPS) is 42.5. The number of ether oxygens (including phenoxy) is 2. The molecule has 5 fully saturated rings. The summed E-state index contributed by atoms with van der Waals surface area (Å²) in [6.07, 6.45) is 14.1. The van der Waals surface area contributed by atoms with Gasteiger partial charge in [0.15, 0.2) is 0 Å². The summed E-state index contributed by atoms with van der Waals surface area (Å²) >= 11 is 0. The second-order valence-electron chi connectivity index (χ2n) is 17.6. The van der Waals surface area contributed by atoms with Crippen LogP contribution in [0.4, 0.5) is 0 Å². The van der Waals surface area contributed by atoms with E-state index in [1.165, 1.54) is 64.7 Å². The molecule has 6 nitrogen and oxygen atoms in total. The van der Waals surface area contributed by atoms with E-state index in [1.54, 1.807) is 0 Å². The molecule has 0 aromatic carbocycles. The first-order valence-corrected chi connectivity index (χ1v) is 18.4. The number of carbonyl (C=O) groups is 2. The van der Waals surface area contributed by atoms with E-state index in [1.807, 2.05) is 0 Å². The molecular weight excluding hydrogens is 548 g/mol. The molecule has 0 spiro atoms. The zero-order valence-corrected chi connectivity index (χ0v) is 29.6. The maximum atomic E-state index is 14.3. The fourth-order valence-electron chi connectivity index (χ4n) is 12.9. The van der Waals surface area contributed by atoms with Crippen LogP contribution in [0.5, 0.6) is 0 Å². The van der Waals surface area contributed by atoms with Crippen LogP contribution in [0.1, 0.15) is 126 Å². The van der Waals surface area contributed by atoms with E-state index in [9.17, 15) is 9.59 Å². The molecule has 0 saturated heterocycles. The Morgan fingerprint density at radius 2 is 1.41 bits per heavy atom. The highest BCUT2D eigenvalue weighted by molar-refractivity contribution is 5.83. The first-order chi connectivity index (χ1) is 20.7. The number of hydrogen-bond donors (Lipinski definition) is 2. The Balaban J connectivity index is 1.26. The quantitative estimate of drug-likeness (QED) is 0.238. The van der Waals surface area contributed by atoms with E-state index in [0.29, 0.717) is 90.8 Å². The van der Waals surface area contributed by atoms with Crippen molar-refractivity contribution in [2.75, 3.05) is 39.5 Å². The van der Waals surface area contributed by atoms with Gasteiger partial charge in [0, 0.05) is 20.0 Å². The summed E-state index contributed by atoms with van der Waals surface area (Å²) in [7, 11) is 0. The number of nitrogens with one attached hydrogen (secondary N) is 2. The van der Waals surface area contributed by atoms with Crippen LogP contribution in [-0.2, 0) is 19.1 Å². The number of amides is 2. The van der Waals surface area contributed by atoms with Crippen molar-refractivity contribution in [3.8, 4) is 0 Å². The van der Waals surface area contributed by atoms with Crippen molar-refractivity contribution in [3.63, 3.8) is 0 Å². The van der Waals surface area contributed by atoms with Gasteiger partial charge in [-0.3, -0.25) is 9.59 Å². The molecule has 44 heavy (non-hydrogen) atoms. The molecule has 2 N–H and O–H groups in total. The smallest absolute Gasteiger partial charge is 0.226 e. The van der Waals surface area contributed by atoms with Gasteiger partial charge in [-0.05, 0) is 121 Å². The first kappa shape index (κ1) is 34.2. The second-order valence-corrected chi connectivity index (χ2v) is 17.6. The molecule has 252 valence electrons. The SMILES string of the molecule is CC(=O)NCCOCCOCCNC(=O)[C@]12CC[C@@H](C(C)C)[C@H]1C1CC[C@@H]3[C@@]4(C)CCCC(C)(C)[C@@H]4CC[C@@]3(C)[C@]1(C)CC2. The third-order valence-electron chi connectivity index (χ3n) is 15.1. The van der Waals surface area contributed by atoms with Crippen LogP contribution in [0.2, 0.25) is 0 Å². The molecule has 0 radical (unpaired) electrons. The number of fused-ring (bicyclic) bond motifs is 7. The largest absolute Gasteiger partial charge is 0.377 e. The number of rotatable bonds is 11. The van der Waals surface area contributed by atoms with E-state index in [0.717, 1.165) is 24.7 Å². The molecule has 2 amide bonds. The summed E-state index contributed by atoms with van der Waals surface area (Å²) in [5.74, 6) is 4.30. The summed E-state index contributed by atoms with van der Waals surface area (Å²) in [6, 6.07) is 0. The van der Waals surface area contributed by atoms with Crippen LogP contribution in [0.3, 0.4) is 0 Å². The lowest BCUT2D eigenvalue weighted by molar-refractivity contribution is -0.237. The zero-order chi connectivity index (χ0) is 32.0. The summed E-state index contributed by atoms with van der Waals surface area (Å²) in [5.41, 5.74) is 1.37. The van der Waals surface area contributed by atoms with Crippen LogP contribution in [0, 0.1) is 62.6 Å². The van der Waals surface area contributed by atoms with Gasteiger partial charge in [-0.15, -0.1) is 0 Å². The van der Waals surface area contributed by atoms with Crippen LogP contribution in [0.15, 0.2) is 0 Å². The van der Waals surface area contributed by atoms with Crippen molar-refractivity contribution in [1.29, 1.82) is 0 Å². The van der Waals surface area contributed by atoms with E-state index in [-0.39, 0.29) is 11.3 Å². The van der Waals surface area contributed by atoms with Crippen molar-refractivity contribution in [3.05, 3.63) is 0 Å². The van der Waals surface area contributed by atoms with Crippen LogP contribution in [-0.4, -0.2) is 51.3 Å². The van der Waals surface area contributed by atoms with Gasteiger partial charge in [0.1, 0.15) is 0 Å². The molecule has 0 aromatic heterocycles. The lowest BCUT2D eigenvalue weighted by Crippen LogP contribution is -2.66. The second kappa shape index (κ2) is 12.8. The van der Waals surface area contributed by atoms with Gasteiger partial charge in [0.25, 0.3) is 0 Å². The molecular formula is C38H66N2O4. The van der Waals surface area contributed by atoms with Crippen LogP contribution >= 0.6 is 0 Å². The maximum absolute atomic E-state index is 14.3. The molecule has 0 bridgehead atoms. The molecule has 0 aromatic rings.